The molecule has 0 aliphatic heterocycles. The van der Waals surface area contributed by atoms with E-state index in [1.165, 1.54) is 42.5 Å². The molecule has 0 aromatic heterocycles. The zero-order valence-electron chi connectivity index (χ0n) is 14.7. The van der Waals surface area contributed by atoms with Crippen molar-refractivity contribution in [2.75, 3.05) is 5.32 Å². The van der Waals surface area contributed by atoms with Crippen LogP contribution in [0.2, 0.25) is 0 Å². The van der Waals surface area contributed by atoms with Gasteiger partial charge in [0.1, 0.15) is 17.5 Å². The van der Waals surface area contributed by atoms with E-state index in [0.717, 1.165) is 0 Å². The Morgan fingerprint density at radius 1 is 0.963 bits per heavy atom. The fraction of sp³-hybridized carbons (Fsp3) is 0.350. The van der Waals surface area contributed by atoms with E-state index in [-0.39, 0.29) is 36.2 Å². The number of halogens is 3. The van der Waals surface area contributed by atoms with Crippen molar-refractivity contribution in [1.82, 2.24) is 5.32 Å². The number of hydrogen-bond donors (Lipinski definition) is 2. The van der Waals surface area contributed by atoms with Crippen LogP contribution in [0, 0.1) is 17.5 Å². The van der Waals surface area contributed by atoms with Crippen LogP contribution >= 0.6 is 0 Å². The minimum absolute atomic E-state index is 0.00417. The predicted molar refractivity (Wildman–Crippen MR) is 95.7 cm³/mol. The molecule has 2 N–H and O–H groups in total. The molecular formula is C20H21F3N2O2. The highest BCUT2D eigenvalue weighted by Crippen LogP contribution is 2.23. The van der Waals surface area contributed by atoms with Crippen LogP contribution in [0.4, 0.5) is 23.7 Å². The Kier molecular flexibility index (Phi) is 6.34. The number of ether oxygens (including phenoxy) is 1. The van der Waals surface area contributed by atoms with Crippen LogP contribution < -0.4 is 10.6 Å². The molecule has 3 rings (SSSR count). The van der Waals surface area contributed by atoms with Crippen LogP contribution in [0.1, 0.15) is 31.2 Å². The number of carbonyl (C=O) groups excluding carboxylic acids is 1. The Bertz CT molecular complexity index is 755. The van der Waals surface area contributed by atoms with Gasteiger partial charge in [-0.15, -0.1) is 0 Å². The van der Waals surface area contributed by atoms with E-state index in [1.807, 2.05) is 0 Å². The van der Waals surface area contributed by atoms with Crippen molar-refractivity contribution in [2.24, 2.45) is 0 Å². The van der Waals surface area contributed by atoms with Gasteiger partial charge in [0, 0.05) is 17.3 Å². The minimum atomic E-state index is -0.609. The van der Waals surface area contributed by atoms with Gasteiger partial charge in [-0.25, -0.2) is 18.0 Å². The highest BCUT2D eigenvalue weighted by molar-refractivity contribution is 5.89. The number of urea groups is 1. The van der Waals surface area contributed by atoms with Crippen molar-refractivity contribution in [1.29, 1.82) is 0 Å². The fourth-order valence-corrected chi connectivity index (χ4v) is 3.13. The maximum Gasteiger partial charge on any atom is 0.319 e. The van der Waals surface area contributed by atoms with Crippen molar-refractivity contribution < 1.29 is 22.7 Å². The van der Waals surface area contributed by atoms with Gasteiger partial charge in [-0.1, -0.05) is 6.07 Å². The second-order valence-electron chi connectivity index (χ2n) is 6.59. The number of amides is 2. The van der Waals surface area contributed by atoms with Crippen LogP contribution in [0.3, 0.4) is 0 Å². The van der Waals surface area contributed by atoms with E-state index in [4.69, 9.17) is 4.74 Å². The first-order chi connectivity index (χ1) is 13.0. The van der Waals surface area contributed by atoms with Gasteiger partial charge >= 0.3 is 6.03 Å². The normalized spacial score (nSPS) is 19.5. The molecule has 0 atom stereocenters. The molecule has 2 aromatic rings. The maximum atomic E-state index is 13.6. The van der Waals surface area contributed by atoms with Crippen LogP contribution in [-0.2, 0) is 11.3 Å². The largest absolute Gasteiger partial charge is 0.373 e. The van der Waals surface area contributed by atoms with Crippen LogP contribution in [0.5, 0.6) is 0 Å². The molecule has 0 saturated heterocycles. The van der Waals surface area contributed by atoms with Gasteiger partial charge in [0.15, 0.2) is 0 Å². The summed E-state index contributed by atoms with van der Waals surface area (Å²) in [5.41, 5.74) is 0.453. The average Bonchev–Trinajstić information content (AvgIpc) is 2.64. The summed E-state index contributed by atoms with van der Waals surface area (Å²) >= 11 is 0. The lowest BCUT2D eigenvalue weighted by molar-refractivity contribution is 0.00964. The molecule has 144 valence electrons. The molecule has 7 heteroatoms. The van der Waals surface area contributed by atoms with Crippen molar-refractivity contribution in [3.63, 3.8) is 0 Å². The molecule has 1 aliphatic rings. The highest BCUT2D eigenvalue weighted by Gasteiger charge is 2.23. The van der Waals surface area contributed by atoms with Gasteiger partial charge < -0.3 is 15.4 Å². The quantitative estimate of drug-likeness (QED) is 0.789. The lowest BCUT2D eigenvalue weighted by atomic mass is 9.93. The molecule has 0 unspecified atom stereocenters. The van der Waals surface area contributed by atoms with Crippen molar-refractivity contribution >= 4 is 11.7 Å². The molecule has 0 radical (unpaired) electrons. The molecule has 27 heavy (non-hydrogen) atoms. The zero-order valence-corrected chi connectivity index (χ0v) is 14.7. The van der Waals surface area contributed by atoms with E-state index in [9.17, 15) is 18.0 Å². The Labute approximate surface area is 155 Å². The first-order valence-corrected chi connectivity index (χ1v) is 8.89. The van der Waals surface area contributed by atoms with Crippen molar-refractivity contribution in [2.45, 2.75) is 44.4 Å². The van der Waals surface area contributed by atoms with Crippen LogP contribution in [0.25, 0.3) is 0 Å². The third-order valence-electron chi connectivity index (χ3n) is 4.64. The summed E-state index contributed by atoms with van der Waals surface area (Å²) < 4.78 is 45.7. The minimum Gasteiger partial charge on any atom is -0.373 e. The Balaban J connectivity index is 1.41. The molecule has 0 bridgehead atoms. The summed E-state index contributed by atoms with van der Waals surface area (Å²) in [6.45, 7) is -0.105. The second-order valence-corrected chi connectivity index (χ2v) is 6.59. The number of carbonyl (C=O) groups is 1. The topological polar surface area (TPSA) is 50.4 Å². The second kappa shape index (κ2) is 8.90. The van der Waals surface area contributed by atoms with Crippen LogP contribution in [0.15, 0.2) is 42.5 Å². The van der Waals surface area contributed by atoms with Gasteiger partial charge in [-0.05, 0) is 62.1 Å². The standard InChI is InChI=1S/C20H21F3N2O2/c21-13-4-6-14(7-5-13)24-20(26)25-15-8-10-16(11-9-15)27-12-17-18(22)2-1-3-19(17)23/h1-7,15-16H,8-12H2,(H2,24,25,26)/t15-,16-. The van der Waals surface area contributed by atoms with E-state index < -0.39 is 11.6 Å². The summed E-state index contributed by atoms with van der Waals surface area (Å²) in [4.78, 5) is 12.0. The smallest absolute Gasteiger partial charge is 0.319 e. The van der Waals surface area contributed by atoms with Gasteiger partial charge in [0.05, 0.1) is 12.7 Å². The SMILES string of the molecule is O=C(Nc1ccc(F)cc1)N[C@H]1CC[C@H](OCc2c(F)cccc2F)CC1. The number of benzene rings is 2. The Morgan fingerprint density at radius 3 is 2.22 bits per heavy atom. The summed E-state index contributed by atoms with van der Waals surface area (Å²) in [7, 11) is 0. The Hall–Kier alpha value is -2.54. The molecule has 2 amide bonds. The molecule has 4 nitrogen and oxygen atoms in total. The van der Waals surface area contributed by atoms with Gasteiger partial charge in [0.2, 0.25) is 0 Å². The van der Waals surface area contributed by atoms with Crippen molar-refractivity contribution in [3.05, 3.63) is 65.5 Å². The van der Waals surface area contributed by atoms with Crippen LogP contribution in [-0.4, -0.2) is 18.2 Å². The van der Waals surface area contributed by atoms with E-state index in [0.29, 0.717) is 31.4 Å². The molecule has 2 aromatic carbocycles. The first-order valence-electron chi connectivity index (χ1n) is 8.89. The number of nitrogens with one attached hydrogen (secondary N) is 2. The molecule has 1 aliphatic carbocycles. The number of rotatable bonds is 5. The summed E-state index contributed by atoms with van der Waals surface area (Å²) in [6, 6.07) is 8.91. The van der Waals surface area contributed by atoms with Gasteiger partial charge in [-0.2, -0.15) is 0 Å². The lowest BCUT2D eigenvalue weighted by Gasteiger charge is -2.29. The molecular weight excluding hydrogens is 357 g/mol. The van der Waals surface area contributed by atoms with Crippen molar-refractivity contribution in [3.8, 4) is 0 Å². The maximum absolute atomic E-state index is 13.6. The monoisotopic (exact) mass is 378 g/mol. The average molecular weight is 378 g/mol. The summed E-state index contributed by atoms with van der Waals surface area (Å²) in [5, 5.41) is 5.53. The van der Waals surface area contributed by atoms with E-state index >= 15 is 0 Å². The van der Waals surface area contributed by atoms with Gasteiger partial charge in [0.25, 0.3) is 0 Å². The predicted octanol–water partition coefficient (Wildman–Crippen LogP) is 4.75. The zero-order chi connectivity index (χ0) is 19.2. The van der Waals surface area contributed by atoms with E-state index in [1.54, 1.807) is 0 Å². The number of anilines is 1. The summed E-state index contributed by atoms with van der Waals surface area (Å²) in [6.07, 6.45) is 2.71. The number of hydrogen-bond acceptors (Lipinski definition) is 2. The highest BCUT2D eigenvalue weighted by atomic mass is 19.1. The Morgan fingerprint density at radius 2 is 1.59 bits per heavy atom. The summed E-state index contributed by atoms with van der Waals surface area (Å²) in [5.74, 6) is -1.58. The van der Waals surface area contributed by atoms with Gasteiger partial charge in [-0.3, -0.25) is 0 Å². The molecule has 1 saturated carbocycles. The fourth-order valence-electron chi connectivity index (χ4n) is 3.13. The molecule has 0 spiro atoms. The third kappa shape index (κ3) is 5.47. The lowest BCUT2D eigenvalue weighted by Crippen LogP contribution is -2.41. The van der Waals surface area contributed by atoms with E-state index in [2.05, 4.69) is 10.6 Å². The molecule has 1 fully saturated rings. The first kappa shape index (κ1) is 19.2. The third-order valence-corrected chi connectivity index (χ3v) is 4.64. The molecule has 0 heterocycles.